The zero-order chi connectivity index (χ0) is 22.5. The average Bonchev–Trinajstić information content (AvgIpc) is 3.28. The number of hydrogen-bond donors (Lipinski definition) is 2. The molecule has 2 N–H and O–H groups in total. The first-order valence-corrected chi connectivity index (χ1v) is 10.7. The Morgan fingerprint density at radius 2 is 1.69 bits per heavy atom. The molecule has 0 aliphatic carbocycles. The van der Waals surface area contributed by atoms with E-state index in [-0.39, 0.29) is 0 Å². The Bertz CT molecular complexity index is 1090. The van der Waals surface area contributed by atoms with Crippen LogP contribution < -0.4 is 15.5 Å². The summed E-state index contributed by atoms with van der Waals surface area (Å²) < 4.78 is 1.59. The van der Waals surface area contributed by atoms with Crippen LogP contribution in [0, 0.1) is 6.92 Å². The van der Waals surface area contributed by atoms with Crippen LogP contribution in [-0.2, 0) is 9.59 Å². The lowest BCUT2D eigenvalue weighted by Gasteiger charge is -2.36. The molecule has 0 unspecified atom stereocenters. The molecule has 0 spiro atoms. The van der Waals surface area contributed by atoms with Gasteiger partial charge in [-0.25, -0.2) is 4.68 Å². The molecule has 1 aliphatic rings. The van der Waals surface area contributed by atoms with Crippen LogP contribution in [0.4, 0.5) is 17.2 Å². The Labute approximate surface area is 187 Å². The standard InChI is InChI=1S/C23H27N7O2/c1-3-28-12-14-29(15-13-28)20-5-4-18(16-17(20)2)25-22(31)23(32)26-21-8-11-30(27-21)19-6-9-24-10-7-19/h4-11,16H,3,12-15H2,1-2H3,(H,25,31)(H,26,27,32). The van der Waals surface area contributed by atoms with Crippen molar-refractivity contribution in [2.75, 3.05) is 48.3 Å². The largest absolute Gasteiger partial charge is 0.369 e. The number of anilines is 3. The van der Waals surface area contributed by atoms with Crippen molar-refractivity contribution in [1.82, 2.24) is 19.7 Å². The number of carbonyl (C=O) groups is 2. The highest BCUT2D eigenvalue weighted by Crippen LogP contribution is 2.25. The molecule has 1 aliphatic heterocycles. The molecule has 1 fully saturated rings. The van der Waals surface area contributed by atoms with E-state index < -0.39 is 11.8 Å². The first-order valence-electron chi connectivity index (χ1n) is 10.7. The third-order valence-corrected chi connectivity index (χ3v) is 5.58. The van der Waals surface area contributed by atoms with Crippen molar-refractivity contribution in [3.63, 3.8) is 0 Å². The molecule has 4 rings (SSSR count). The van der Waals surface area contributed by atoms with E-state index in [9.17, 15) is 9.59 Å². The van der Waals surface area contributed by atoms with Crippen LogP contribution in [-0.4, -0.2) is 64.2 Å². The van der Waals surface area contributed by atoms with Gasteiger partial charge in [0, 0.05) is 62.2 Å². The minimum absolute atomic E-state index is 0.291. The average molecular weight is 434 g/mol. The zero-order valence-corrected chi connectivity index (χ0v) is 18.3. The molecular formula is C23H27N7O2. The molecule has 9 nitrogen and oxygen atoms in total. The Morgan fingerprint density at radius 1 is 0.969 bits per heavy atom. The van der Waals surface area contributed by atoms with Gasteiger partial charge >= 0.3 is 11.8 Å². The number of aromatic nitrogens is 3. The third-order valence-electron chi connectivity index (χ3n) is 5.58. The highest BCUT2D eigenvalue weighted by molar-refractivity contribution is 6.43. The summed E-state index contributed by atoms with van der Waals surface area (Å²) >= 11 is 0. The number of carbonyl (C=O) groups excluding carboxylic acids is 2. The third kappa shape index (κ3) is 4.94. The molecule has 0 bridgehead atoms. The summed E-state index contributed by atoms with van der Waals surface area (Å²) in [5.41, 5.74) is 3.60. The van der Waals surface area contributed by atoms with Crippen LogP contribution in [0.2, 0.25) is 0 Å². The number of aryl methyl sites for hydroxylation is 1. The number of nitrogens with one attached hydrogen (secondary N) is 2. The molecule has 3 aromatic rings. The summed E-state index contributed by atoms with van der Waals surface area (Å²) in [6, 6.07) is 10.9. The van der Waals surface area contributed by atoms with Crippen molar-refractivity contribution in [2.24, 2.45) is 0 Å². The molecule has 1 saturated heterocycles. The summed E-state index contributed by atoms with van der Waals surface area (Å²) in [5, 5.41) is 9.46. The highest BCUT2D eigenvalue weighted by Gasteiger charge is 2.19. The van der Waals surface area contributed by atoms with Gasteiger partial charge in [0.2, 0.25) is 0 Å². The number of benzene rings is 1. The van der Waals surface area contributed by atoms with Crippen LogP contribution >= 0.6 is 0 Å². The van der Waals surface area contributed by atoms with E-state index in [1.165, 1.54) is 0 Å². The molecule has 1 aromatic carbocycles. The fourth-order valence-electron chi connectivity index (χ4n) is 3.79. The summed E-state index contributed by atoms with van der Waals surface area (Å²) in [5.74, 6) is -1.23. The molecule has 0 atom stereocenters. The molecule has 2 aromatic heterocycles. The Balaban J connectivity index is 1.35. The Morgan fingerprint density at radius 3 is 2.38 bits per heavy atom. The van der Waals surface area contributed by atoms with E-state index in [1.54, 1.807) is 41.5 Å². The van der Waals surface area contributed by atoms with Crippen LogP contribution in [0.1, 0.15) is 12.5 Å². The van der Waals surface area contributed by atoms with Gasteiger partial charge in [0.25, 0.3) is 0 Å². The van der Waals surface area contributed by atoms with E-state index in [0.717, 1.165) is 49.7 Å². The predicted octanol–water partition coefficient (Wildman–Crippen LogP) is 2.29. The molecule has 2 amide bonds. The molecular weight excluding hydrogens is 406 g/mol. The monoisotopic (exact) mass is 433 g/mol. The van der Waals surface area contributed by atoms with E-state index in [1.807, 2.05) is 25.1 Å². The second-order valence-electron chi connectivity index (χ2n) is 7.68. The number of amides is 2. The second kappa shape index (κ2) is 9.61. The van der Waals surface area contributed by atoms with Crippen LogP contribution in [0.5, 0.6) is 0 Å². The molecule has 3 heterocycles. The maximum atomic E-state index is 12.4. The fraction of sp³-hybridized carbons (Fsp3) is 0.304. The Hall–Kier alpha value is -3.72. The number of pyridine rings is 1. The normalized spacial score (nSPS) is 14.2. The van der Waals surface area contributed by atoms with Gasteiger partial charge in [0.05, 0.1) is 5.69 Å². The van der Waals surface area contributed by atoms with Gasteiger partial charge in [-0.1, -0.05) is 6.92 Å². The van der Waals surface area contributed by atoms with Gasteiger partial charge in [-0.15, -0.1) is 0 Å². The summed E-state index contributed by atoms with van der Waals surface area (Å²) in [4.78, 5) is 33.5. The maximum absolute atomic E-state index is 12.4. The van der Waals surface area contributed by atoms with Gasteiger partial charge in [-0.05, 0) is 49.4 Å². The summed E-state index contributed by atoms with van der Waals surface area (Å²) in [7, 11) is 0. The van der Waals surface area contributed by atoms with E-state index >= 15 is 0 Å². The highest BCUT2D eigenvalue weighted by atomic mass is 16.2. The maximum Gasteiger partial charge on any atom is 0.315 e. The second-order valence-corrected chi connectivity index (χ2v) is 7.68. The minimum atomic E-state index is -0.776. The summed E-state index contributed by atoms with van der Waals surface area (Å²) in [6.07, 6.45) is 5.01. The Kier molecular flexibility index (Phi) is 6.46. The van der Waals surface area contributed by atoms with Gasteiger partial charge in [0.1, 0.15) is 0 Å². The zero-order valence-electron chi connectivity index (χ0n) is 18.3. The molecule has 32 heavy (non-hydrogen) atoms. The predicted molar refractivity (Wildman–Crippen MR) is 124 cm³/mol. The van der Waals surface area contributed by atoms with Crippen molar-refractivity contribution in [3.05, 3.63) is 60.6 Å². The van der Waals surface area contributed by atoms with E-state index in [4.69, 9.17) is 0 Å². The number of rotatable bonds is 5. The number of nitrogens with zero attached hydrogens (tertiary/aromatic N) is 5. The van der Waals surface area contributed by atoms with Gasteiger partial charge < -0.3 is 20.4 Å². The lowest BCUT2D eigenvalue weighted by molar-refractivity contribution is -0.133. The molecule has 166 valence electrons. The van der Waals surface area contributed by atoms with Crippen LogP contribution in [0.25, 0.3) is 5.69 Å². The van der Waals surface area contributed by atoms with Crippen molar-refractivity contribution < 1.29 is 9.59 Å². The van der Waals surface area contributed by atoms with E-state index in [2.05, 4.69) is 37.4 Å². The first kappa shape index (κ1) is 21.5. The lowest BCUT2D eigenvalue weighted by Crippen LogP contribution is -2.46. The quantitative estimate of drug-likeness (QED) is 0.600. The number of piperazine rings is 1. The minimum Gasteiger partial charge on any atom is -0.369 e. The summed E-state index contributed by atoms with van der Waals surface area (Å²) in [6.45, 7) is 9.33. The smallest absolute Gasteiger partial charge is 0.315 e. The van der Waals surface area contributed by atoms with Crippen LogP contribution in [0.3, 0.4) is 0 Å². The van der Waals surface area contributed by atoms with Gasteiger partial charge in [-0.3, -0.25) is 14.6 Å². The van der Waals surface area contributed by atoms with Crippen molar-refractivity contribution in [2.45, 2.75) is 13.8 Å². The van der Waals surface area contributed by atoms with Crippen molar-refractivity contribution in [3.8, 4) is 5.69 Å². The van der Waals surface area contributed by atoms with Gasteiger partial charge in [0.15, 0.2) is 5.82 Å². The van der Waals surface area contributed by atoms with Gasteiger partial charge in [-0.2, -0.15) is 5.10 Å². The molecule has 0 radical (unpaired) electrons. The fourth-order valence-corrected chi connectivity index (χ4v) is 3.79. The van der Waals surface area contributed by atoms with Crippen molar-refractivity contribution >= 4 is 29.0 Å². The SMILES string of the molecule is CCN1CCN(c2ccc(NC(=O)C(=O)Nc3ccn(-c4ccncc4)n3)cc2C)CC1. The lowest BCUT2D eigenvalue weighted by atomic mass is 10.1. The number of hydrogen-bond acceptors (Lipinski definition) is 6. The molecule has 0 saturated carbocycles. The van der Waals surface area contributed by atoms with E-state index in [0.29, 0.717) is 11.5 Å². The number of likely N-dealkylation sites (N-methyl/N-ethyl adjacent to an activating group) is 1. The van der Waals surface area contributed by atoms with Crippen LogP contribution in [0.15, 0.2) is 55.0 Å². The first-order chi connectivity index (χ1) is 15.5. The molecule has 9 heteroatoms. The topological polar surface area (TPSA) is 95.4 Å². The van der Waals surface area contributed by atoms with Crippen molar-refractivity contribution in [1.29, 1.82) is 0 Å².